The molecule has 13 heavy (non-hydrogen) atoms. The molecule has 3 atom stereocenters. The van der Waals surface area contributed by atoms with Crippen LogP contribution in [0.5, 0.6) is 0 Å². The van der Waals surface area contributed by atoms with E-state index in [-0.39, 0.29) is 12.7 Å². The first-order valence-corrected chi connectivity index (χ1v) is 4.49. The van der Waals surface area contributed by atoms with Crippen molar-refractivity contribution in [2.45, 2.75) is 18.3 Å². The number of thiocarbonyl (C=S) groups is 1. The van der Waals surface area contributed by atoms with Gasteiger partial charge in [0.05, 0.1) is 6.61 Å². The van der Waals surface area contributed by atoms with Gasteiger partial charge in [-0.15, -0.1) is 0 Å². The molecule has 1 aliphatic heterocycles. The summed E-state index contributed by atoms with van der Waals surface area (Å²) >= 11 is 4.84. The zero-order chi connectivity index (χ0) is 9.84. The van der Waals surface area contributed by atoms with Gasteiger partial charge in [-0.2, -0.15) is 0 Å². The lowest BCUT2D eigenvalue weighted by molar-refractivity contribution is 0.0257. The second-order valence-corrected chi connectivity index (χ2v) is 3.30. The standard InChI is InChI=1S/C7H14N2O3S/c1-8-7(13)9-2-5-6(11)4(10)3-12-5/h4-6,10-11H,2-3H2,1H3,(H2,8,9,13). The minimum absolute atomic E-state index is 0.180. The van der Waals surface area contributed by atoms with Crippen LogP contribution in [0.3, 0.4) is 0 Å². The summed E-state index contributed by atoms with van der Waals surface area (Å²) in [5, 5.41) is 24.6. The van der Waals surface area contributed by atoms with Crippen LogP contribution in [-0.2, 0) is 4.74 Å². The van der Waals surface area contributed by atoms with Crippen molar-refractivity contribution in [2.75, 3.05) is 20.2 Å². The largest absolute Gasteiger partial charge is 0.388 e. The molecule has 0 aliphatic carbocycles. The molecular weight excluding hydrogens is 192 g/mol. The Morgan fingerprint density at radius 1 is 1.62 bits per heavy atom. The molecule has 4 N–H and O–H groups in total. The average Bonchev–Trinajstić information content (AvgIpc) is 2.44. The van der Waals surface area contributed by atoms with Crippen LogP contribution < -0.4 is 10.6 Å². The van der Waals surface area contributed by atoms with Crippen molar-refractivity contribution in [3.05, 3.63) is 0 Å². The van der Waals surface area contributed by atoms with Crippen LogP contribution >= 0.6 is 12.2 Å². The van der Waals surface area contributed by atoms with Crippen molar-refractivity contribution in [1.29, 1.82) is 0 Å². The van der Waals surface area contributed by atoms with Crippen LogP contribution in [0, 0.1) is 0 Å². The van der Waals surface area contributed by atoms with E-state index in [9.17, 15) is 5.11 Å². The van der Waals surface area contributed by atoms with Gasteiger partial charge >= 0.3 is 0 Å². The third-order valence-electron chi connectivity index (χ3n) is 1.95. The maximum atomic E-state index is 9.36. The lowest BCUT2D eigenvalue weighted by Gasteiger charge is -2.16. The summed E-state index contributed by atoms with van der Waals surface area (Å²) < 4.78 is 5.12. The van der Waals surface area contributed by atoms with Gasteiger partial charge in [-0.05, 0) is 12.2 Å². The summed E-state index contributed by atoms with van der Waals surface area (Å²) in [6.07, 6.45) is -2.00. The van der Waals surface area contributed by atoms with Gasteiger partial charge in [0.1, 0.15) is 18.3 Å². The zero-order valence-corrected chi connectivity index (χ0v) is 8.17. The maximum absolute atomic E-state index is 9.36. The topological polar surface area (TPSA) is 73.8 Å². The van der Waals surface area contributed by atoms with Crippen molar-refractivity contribution < 1.29 is 14.9 Å². The molecule has 0 bridgehead atoms. The number of nitrogens with one attached hydrogen (secondary N) is 2. The molecular formula is C7H14N2O3S. The summed E-state index contributed by atoms with van der Waals surface area (Å²) in [6, 6.07) is 0. The van der Waals surface area contributed by atoms with Gasteiger partial charge in [-0.25, -0.2) is 0 Å². The number of rotatable bonds is 2. The highest BCUT2D eigenvalue weighted by molar-refractivity contribution is 7.80. The number of hydrogen-bond donors (Lipinski definition) is 4. The molecule has 76 valence electrons. The molecule has 0 aromatic carbocycles. The Labute approximate surface area is 82.1 Å². The zero-order valence-electron chi connectivity index (χ0n) is 7.36. The van der Waals surface area contributed by atoms with Crippen molar-refractivity contribution >= 4 is 17.3 Å². The van der Waals surface area contributed by atoms with E-state index in [1.165, 1.54) is 0 Å². The molecule has 0 aromatic rings. The Hall–Kier alpha value is -0.430. The van der Waals surface area contributed by atoms with Gasteiger partial charge in [0.2, 0.25) is 0 Å². The van der Waals surface area contributed by atoms with Gasteiger partial charge in [0.15, 0.2) is 5.11 Å². The fraction of sp³-hybridized carbons (Fsp3) is 0.857. The van der Waals surface area contributed by atoms with Crippen LogP contribution in [0.2, 0.25) is 0 Å². The molecule has 0 aromatic heterocycles. The molecule has 1 rings (SSSR count). The average molecular weight is 206 g/mol. The van der Waals surface area contributed by atoms with Crippen LogP contribution in [0.1, 0.15) is 0 Å². The van der Waals surface area contributed by atoms with Crippen LogP contribution in [-0.4, -0.2) is 53.8 Å². The van der Waals surface area contributed by atoms with Gasteiger partial charge in [-0.1, -0.05) is 0 Å². The normalized spacial score (nSPS) is 33.0. The van der Waals surface area contributed by atoms with Crippen LogP contribution in [0.25, 0.3) is 0 Å². The highest BCUT2D eigenvalue weighted by atomic mass is 32.1. The number of ether oxygens (including phenoxy) is 1. The molecule has 3 unspecified atom stereocenters. The Balaban J connectivity index is 2.26. The molecule has 5 nitrogen and oxygen atoms in total. The first-order valence-electron chi connectivity index (χ1n) is 4.08. The van der Waals surface area contributed by atoms with Gasteiger partial charge in [0.25, 0.3) is 0 Å². The first-order chi connectivity index (χ1) is 6.15. The molecule has 0 radical (unpaired) electrons. The SMILES string of the molecule is CNC(=S)NCC1OCC(O)C1O. The third kappa shape index (κ3) is 2.77. The second kappa shape index (κ2) is 4.71. The van der Waals surface area contributed by atoms with Gasteiger partial charge in [-0.3, -0.25) is 0 Å². The fourth-order valence-electron chi connectivity index (χ4n) is 1.13. The predicted octanol–water partition coefficient (Wildman–Crippen LogP) is -1.80. The Kier molecular flexibility index (Phi) is 3.86. The first kappa shape index (κ1) is 10.6. The lowest BCUT2D eigenvalue weighted by atomic mass is 10.1. The summed E-state index contributed by atoms with van der Waals surface area (Å²) in [5.74, 6) is 0. The molecule has 1 saturated heterocycles. The minimum atomic E-state index is -0.827. The lowest BCUT2D eigenvalue weighted by Crippen LogP contribution is -2.42. The summed E-state index contributed by atoms with van der Waals surface area (Å²) in [4.78, 5) is 0. The van der Waals surface area contributed by atoms with E-state index in [2.05, 4.69) is 10.6 Å². The predicted molar refractivity (Wildman–Crippen MR) is 51.4 cm³/mol. The van der Waals surface area contributed by atoms with Crippen molar-refractivity contribution in [3.63, 3.8) is 0 Å². The highest BCUT2D eigenvalue weighted by Crippen LogP contribution is 2.12. The van der Waals surface area contributed by atoms with E-state index in [1.54, 1.807) is 7.05 Å². The van der Waals surface area contributed by atoms with Crippen LogP contribution in [0.15, 0.2) is 0 Å². The van der Waals surface area contributed by atoms with Gasteiger partial charge in [0, 0.05) is 13.6 Å². The summed E-state index contributed by atoms with van der Waals surface area (Å²) in [6.45, 7) is 0.581. The minimum Gasteiger partial charge on any atom is -0.388 e. The van der Waals surface area contributed by atoms with Crippen molar-refractivity contribution in [2.24, 2.45) is 0 Å². The van der Waals surface area contributed by atoms with Crippen LogP contribution in [0.4, 0.5) is 0 Å². The molecule has 1 aliphatic rings. The number of aliphatic hydroxyl groups excluding tert-OH is 2. The number of aliphatic hydroxyl groups is 2. The van der Waals surface area contributed by atoms with E-state index in [4.69, 9.17) is 22.1 Å². The fourth-order valence-corrected chi connectivity index (χ4v) is 1.21. The molecule has 0 spiro atoms. The smallest absolute Gasteiger partial charge is 0.166 e. The summed E-state index contributed by atoms with van der Waals surface area (Å²) in [5.41, 5.74) is 0. The van der Waals surface area contributed by atoms with E-state index >= 15 is 0 Å². The van der Waals surface area contributed by atoms with E-state index in [1.807, 2.05) is 0 Å². The monoisotopic (exact) mass is 206 g/mol. The van der Waals surface area contributed by atoms with E-state index in [0.717, 1.165) is 0 Å². The maximum Gasteiger partial charge on any atom is 0.166 e. The van der Waals surface area contributed by atoms with E-state index in [0.29, 0.717) is 11.7 Å². The Morgan fingerprint density at radius 2 is 2.31 bits per heavy atom. The van der Waals surface area contributed by atoms with Crippen molar-refractivity contribution in [3.8, 4) is 0 Å². The van der Waals surface area contributed by atoms with Gasteiger partial charge < -0.3 is 25.6 Å². The second-order valence-electron chi connectivity index (χ2n) is 2.89. The molecule has 0 saturated carbocycles. The molecule has 6 heteroatoms. The quantitative estimate of drug-likeness (QED) is 0.400. The molecule has 1 heterocycles. The van der Waals surface area contributed by atoms with Crippen molar-refractivity contribution in [1.82, 2.24) is 10.6 Å². The molecule has 1 fully saturated rings. The highest BCUT2D eigenvalue weighted by Gasteiger charge is 2.34. The summed E-state index contributed by atoms with van der Waals surface area (Å²) in [7, 11) is 1.70. The van der Waals surface area contributed by atoms with E-state index < -0.39 is 12.2 Å². The Morgan fingerprint density at radius 3 is 2.77 bits per heavy atom. The Bertz CT molecular complexity index is 191. The number of hydrogen-bond acceptors (Lipinski definition) is 4. The molecule has 0 amide bonds. The third-order valence-corrected chi connectivity index (χ3v) is 2.30.